The molecule has 1 unspecified atom stereocenters. The lowest BCUT2D eigenvalue weighted by atomic mass is 9.90. The van der Waals surface area contributed by atoms with Crippen molar-refractivity contribution >= 4 is 39.1 Å². The van der Waals surface area contributed by atoms with E-state index < -0.39 is 0 Å². The van der Waals surface area contributed by atoms with Gasteiger partial charge >= 0.3 is 0 Å². The second-order valence-corrected chi connectivity index (χ2v) is 9.59. The van der Waals surface area contributed by atoms with Crippen LogP contribution in [-0.4, -0.2) is 21.3 Å². The molecule has 5 nitrogen and oxygen atoms in total. The zero-order chi connectivity index (χ0) is 19.6. The summed E-state index contributed by atoms with van der Waals surface area (Å²) in [4.78, 5) is 12.1. The standard InChI is InChI=1S/C21H27N3O2S2/c1-4-6-10-27-20-23-18(22-12-14-8-7-9-25-14)17-15-11-21(3,5-2)26-13-16(15)28-19(17)24-20/h7-9H,4-6,10-13H2,1-3H3,(H,22,23,24). The topological polar surface area (TPSA) is 60.2 Å². The minimum atomic E-state index is -0.117. The molecule has 1 aliphatic rings. The molecule has 4 rings (SSSR count). The highest BCUT2D eigenvalue weighted by molar-refractivity contribution is 7.99. The molecular weight excluding hydrogens is 390 g/mol. The van der Waals surface area contributed by atoms with Gasteiger partial charge in [0.1, 0.15) is 16.4 Å². The van der Waals surface area contributed by atoms with E-state index in [9.17, 15) is 0 Å². The van der Waals surface area contributed by atoms with Gasteiger partial charge in [-0.2, -0.15) is 0 Å². The number of rotatable bonds is 8. The van der Waals surface area contributed by atoms with Gasteiger partial charge in [-0.05, 0) is 37.5 Å². The van der Waals surface area contributed by atoms with E-state index in [2.05, 4.69) is 26.1 Å². The Kier molecular flexibility index (Phi) is 5.94. The second kappa shape index (κ2) is 8.43. The van der Waals surface area contributed by atoms with E-state index in [0.29, 0.717) is 13.2 Å². The number of thioether (sulfide) groups is 1. The van der Waals surface area contributed by atoms with Crippen LogP contribution in [0.25, 0.3) is 10.2 Å². The third kappa shape index (κ3) is 4.07. The molecule has 0 aliphatic carbocycles. The fraction of sp³-hybridized carbons (Fsp3) is 0.524. The maximum absolute atomic E-state index is 6.16. The van der Waals surface area contributed by atoms with Gasteiger partial charge in [0.25, 0.3) is 0 Å². The number of furan rings is 1. The smallest absolute Gasteiger partial charge is 0.190 e. The van der Waals surface area contributed by atoms with Crippen LogP contribution in [0.3, 0.4) is 0 Å². The number of nitrogens with zero attached hydrogens (tertiary/aromatic N) is 2. The summed E-state index contributed by atoms with van der Waals surface area (Å²) < 4.78 is 11.7. The Balaban J connectivity index is 1.72. The number of hydrogen-bond acceptors (Lipinski definition) is 7. The van der Waals surface area contributed by atoms with Crippen molar-refractivity contribution in [3.8, 4) is 0 Å². The molecule has 4 heterocycles. The summed E-state index contributed by atoms with van der Waals surface area (Å²) in [6.07, 6.45) is 5.95. The molecule has 150 valence electrons. The van der Waals surface area contributed by atoms with Crippen LogP contribution in [0.4, 0.5) is 5.82 Å². The summed E-state index contributed by atoms with van der Waals surface area (Å²) in [7, 11) is 0. The Hall–Kier alpha value is -1.57. The maximum atomic E-state index is 6.16. The molecule has 0 bridgehead atoms. The molecule has 1 atom stereocenters. The van der Waals surface area contributed by atoms with Gasteiger partial charge in [0, 0.05) is 17.1 Å². The zero-order valence-corrected chi connectivity index (χ0v) is 18.3. The number of aromatic nitrogens is 2. The van der Waals surface area contributed by atoms with Crippen molar-refractivity contribution < 1.29 is 9.15 Å². The molecule has 0 aromatic carbocycles. The largest absolute Gasteiger partial charge is 0.467 e. The molecule has 0 fully saturated rings. The van der Waals surface area contributed by atoms with Gasteiger partial charge in [-0.25, -0.2) is 9.97 Å². The lowest BCUT2D eigenvalue weighted by Crippen LogP contribution is -2.33. The minimum absolute atomic E-state index is 0.117. The van der Waals surface area contributed by atoms with Crippen molar-refractivity contribution in [1.82, 2.24) is 9.97 Å². The first kappa shape index (κ1) is 19.7. The molecular formula is C21H27N3O2S2. The first-order valence-electron chi connectivity index (χ1n) is 9.97. The summed E-state index contributed by atoms with van der Waals surface area (Å²) in [6.45, 7) is 7.87. The summed E-state index contributed by atoms with van der Waals surface area (Å²) in [6, 6.07) is 3.89. The molecule has 0 saturated carbocycles. The first-order valence-corrected chi connectivity index (χ1v) is 11.8. The molecule has 3 aromatic heterocycles. The van der Waals surface area contributed by atoms with Gasteiger partial charge in [0.2, 0.25) is 0 Å². The molecule has 0 amide bonds. The van der Waals surface area contributed by atoms with Crippen LogP contribution in [0.1, 0.15) is 56.2 Å². The van der Waals surface area contributed by atoms with Crippen molar-refractivity contribution in [3.63, 3.8) is 0 Å². The van der Waals surface area contributed by atoms with Gasteiger partial charge in [-0.3, -0.25) is 0 Å². The predicted octanol–water partition coefficient (Wildman–Crippen LogP) is 6.03. The fourth-order valence-corrected chi connectivity index (χ4v) is 5.45. The molecule has 1 aliphatic heterocycles. The summed E-state index contributed by atoms with van der Waals surface area (Å²) >= 11 is 3.49. The average molecular weight is 418 g/mol. The third-order valence-electron chi connectivity index (χ3n) is 5.30. The number of ether oxygens (including phenoxy) is 1. The summed E-state index contributed by atoms with van der Waals surface area (Å²) in [5.41, 5.74) is 1.23. The van der Waals surface area contributed by atoms with Gasteiger partial charge in [-0.15, -0.1) is 11.3 Å². The quantitative estimate of drug-likeness (QED) is 0.274. The van der Waals surface area contributed by atoms with Crippen molar-refractivity contribution in [2.75, 3.05) is 11.1 Å². The number of hydrogen-bond donors (Lipinski definition) is 1. The van der Waals surface area contributed by atoms with Crippen LogP contribution >= 0.6 is 23.1 Å². The first-order chi connectivity index (χ1) is 13.6. The molecule has 0 radical (unpaired) electrons. The van der Waals surface area contributed by atoms with E-state index in [-0.39, 0.29) is 5.60 Å². The lowest BCUT2D eigenvalue weighted by molar-refractivity contribution is -0.0542. The van der Waals surface area contributed by atoms with E-state index in [1.807, 2.05) is 12.1 Å². The van der Waals surface area contributed by atoms with E-state index in [1.54, 1.807) is 29.4 Å². The van der Waals surface area contributed by atoms with E-state index in [4.69, 9.17) is 19.1 Å². The normalized spacial score (nSPS) is 19.1. The Morgan fingerprint density at radius 3 is 2.96 bits per heavy atom. The van der Waals surface area contributed by atoms with E-state index in [0.717, 1.165) is 45.5 Å². The van der Waals surface area contributed by atoms with Crippen LogP contribution in [0, 0.1) is 0 Å². The number of anilines is 1. The van der Waals surface area contributed by atoms with Crippen molar-refractivity contribution in [1.29, 1.82) is 0 Å². The molecule has 28 heavy (non-hydrogen) atoms. The molecule has 1 N–H and O–H groups in total. The Morgan fingerprint density at radius 2 is 2.21 bits per heavy atom. The average Bonchev–Trinajstić information content (AvgIpc) is 3.33. The monoisotopic (exact) mass is 417 g/mol. The highest BCUT2D eigenvalue weighted by atomic mass is 32.2. The van der Waals surface area contributed by atoms with Crippen LogP contribution < -0.4 is 5.32 Å². The predicted molar refractivity (Wildman–Crippen MR) is 116 cm³/mol. The highest BCUT2D eigenvalue weighted by Gasteiger charge is 2.33. The van der Waals surface area contributed by atoms with Crippen LogP contribution in [0.2, 0.25) is 0 Å². The number of nitrogens with one attached hydrogen (secondary N) is 1. The van der Waals surface area contributed by atoms with Crippen molar-refractivity contribution in [3.05, 3.63) is 34.6 Å². The molecule has 3 aromatic rings. The minimum Gasteiger partial charge on any atom is -0.467 e. The molecule has 0 saturated heterocycles. The number of unbranched alkanes of at least 4 members (excludes halogenated alkanes) is 1. The van der Waals surface area contributed by atoms with Crippen molar-refractivity contribution in [2.45, 2.75) is 70.4 Å². The van der Waals surface area contributed by atoms with Gasteiger partial charge in [0.15, 0.2) is 5.16 Å². The Bertz CT molecular complexity index is 939. The summed E-state index contributed by atoms with van der Waals surface area (Å²) in [5.74, 6) is 2.86. The fourth-order valence-electron chi connectivity index (χ4n) is 3.36. The Labute approximate surface area is 174 Å². The number of thiophene rings is 1. The van der Waals surface area contributed by atoms with Crippen LogP contribution in [-0.2, 0) is 24.3 Å². The van der Waals surface area contributed by atoms with E-state index >= 15 is 0 Å². The lowest BCUT2D eigenvalue weighted by Gasteiger charge is -2.33. The molecule has 0 spiro atoms. The van der Waals surface area contributed by atoms with Crippen molar-refractivity contribution in [2.24, 2.45) is 0 Å². The van der Waals surface area contributed by atoms with Crippen LogP contribution in [0.15, 0.2) is 28.0 Å². The SMILES string of the molecule is CCCCSc1nc(NCc2ccco2)c2c3c(sc2n1)COC(C)(CC)C3. The highest BCUT2D eigenvalue weighted by Crippen LogP contribution is 2.42. The summed E-state index contributed by atoms with van der Waals surface area (Å²) in [5, 5.41) is 5.52. The van der Waals surface area contributed by atoms with E-state index in [1.165, 1.54) is 23.3 Å². The van der Waals surface area contributed by atoms with Gasteiger partial charge in [0.05, 0.1) is 30.4 Å². The zero-order valence-electron chi connectivity index (χ0n) is 16.7. The third-order valence-corrected chi connectivity index (χ3v) is 7.34. The molecule has 7 heteroatoms. The van der Waals surface area contributed by atoms with Gasteiger partial charge < -0.3 is 14.5 Å². The van der Waals surface area contributed by atoms with Gasteiger partial charge in [-0.1, -0.05) is 32.0 Å². The number of fused-ring (bicyclic) bond motifs is 3. The maximum Gasteiger partial charge on any atom is 0.190 e. The second-order valence-electron chi connectivity index (χ2n) is 7.44. The van der Waals surface area contributed by atoms with Crippen LogP contribution in [0.5, 0.6) is 0 Å². The Morgan fingerprint density at radius 1 is 1.32 bits per heavy atom.